The Kier molecular flexibility index (Phi) is 1.93. The van der Waals surface area contributed by atoms with Crippen LogP contribution in [0, 0.1) is 5.21 Å². The lowest BCUT2D eigenvalue weighted by atomic mass is 10.2. The molecule has 0 aliphatic carbocycles. The lowest BCUT2D eigenvalue weighted by molar-refractivity contribution is -0.604. The summed E-state index contributed by atoms with van der Waals surface area (Å²) in [6, 6.07) is 3.75. The van der Waals surface area contributed by atoms with Crippen LogP contribution in [0.5, 0.6) is 0 Å². The molecule has 0 unspecified atom stereocenters. The zero-order valence-corrected chi connectivity index (χ0v) is 7.49. The first-order valence-electron chi connectivity index (χ1n) is 4.41. The van der Waals surface area contributed by atoms with Gasteiger partial charge in [-0.3, -0.25) is 0 Å². The molecule has 3 heteroatoms. The molecule has 2 heterocycles. The van der Waals surface area contributed by atoms with Gasteiger partial charge in [0, 0.05) is 17.9 Å². The molecule has 0 saturated heterocycles. The van der Waals surface area contributed by atoms with Crippen molar-refractivity contribution in [3.05, 3.63) is 35.5 Å². The van der Waals surface area contributed by atoms with Gasteiger partial charge in [0.1, 0.15) is 5.76 Å². The number of hydrogen-bond donors (Lipinski definition) is 0. The molecule has 2 aromatic heterocycles. The summed E-state index contributed by atoms with van der Waals surface area (Å²) >= 11 is 0. The van der Waals surface area contributed by atoms with Crippen molar-refractivity contribution in [1.29, 1.82) is 0 Å². The van der Waals surface area contributed by atoms with Crippen LogP contribution in [0.1, 0.15) is 19.1 Å². The fraction of sp³-hybridized carbons (Fsp3) is 0.300. The highest BCUT2D eigenvalue weighted by Gasteiger charge is 2.04. The van der Waals surface area contributed by atoms with Crippen LogP contribution in [0.25, 0.3) is 11.0 Å². The van der Waals surface area contributed by atoms with Crippen molar-refractivity contribution in [2.24, 2.45) is 0 Å². The van der Waals surface area contributed by atoms with Crippen LogP contribution in [0.3, 0.4) is 0 Å². The van der Waals surface area contributed by atoms with E-state index in [1.165, 1.54) is 12.4 Å². The van der Waals surface area contributed by atoms with Crippen LogP contribution in [0.4, 0.5) is 0 Å². The van der Waals surface area contributed by atoms with E-state index in [4.69, 9.17) is 4.42 Å². The minimum atomic E-state index is 0.668. The Balaban J connectivity index is 2.49. The number of aromatic nitrogens is 1. The summed E-state index contributed by atoms with van der Waals surface area (Å²) in [6.45, 7) is 2.10. The Labute approximate surface area is 76.2 Å². The van der Waals surface area contributed by atoms with E-state index in [9.17, 15) is 5.21 Å². The summed E-state index contributed by atoms with van der Waals surface area (Å²) in [4.78, 5) is 0. The van der Waals surface area contributed by atoms with Crippen molar-refractivity contribution in [3.63, 3.8) is 0 Å². The Hall–Kier alpha value is -1.51. The van der Waals surface area contributed by atoms with Crippen LogP contribution >= 0.6 is 0 Å². The van der Waals surface area contributed by atoms with Gasteiger partial charge >= 0.3 is 0 Å². The standard InChI is InChI=1S/C10H11NO2/c1-2-3-9-6-8-4-5-11(12)7-10(8)13-9/h4-7H,2-3H2,1H3. The van der Waals surface area contributed by atoms with Crippen molar-refractivity contribution >= 4 is 11.0 Å². The van der Waals surface area contributed by atoms with Crippen LogP contribution in [0.15, 0.2) is 28.9 Å². The second-order valence-corrected chi connectivity index (χ2v) is 3.09. The topological polar surface area (TPSA) is 40.1 Å². The monoisotopic (exact) mass is 177 g/mol. The second kappa shape index (κ2) is 3.09. The normalized spacial score (nSPS) is 10.8. The third-order valence-electron chi connectivity index (χ3n) is 1.98. The molecule has 3 nitrogen and oxygen atoms in total. The van der Waals surface area contributed by atoms with E-state index in [0.29, 0.717) is 5.58 Å². The number of nitrogens with zero attached hydrogens (tertiary/aromatic N) is 1. The van der Waals surface area contributed by atoms with Crippen LogP contribution in [-0.2, 0) is 6.42 Å². The Morgan fingerprint density at radius 3 is 3.15 bits per heavy atom. The molecular formula is C10H11NO2. The number of aryl methyl sites for hydroxylation is 1. The van der Waals surface area contributed by atoms with Gasteiger partial charge in [-0.05, 0) is 12.5 Å². The summed E-state index contributed by atoms with van der Waals surface area (Å²) in [5.41, 5.74) is 0.668. The van der Waals surface area contributed by atoms with Gasteiger partial charge in [0.15, 0.2) is 11.8 Å². The first kappa shape index (κ1) is 8.10. The molecule has 0 bridgehead atoms. The van der Waals surface area contributed by atoms with Crippen LogP contribution in [-0.4, -0.2) is 0 Å². The lowest BCUT2D eigenvalue weighted by Gasteiger charge is -1.91. The molecule has 0 spiro atoms. The third-order valence-corrected chi connectivity index (χ3v) is 1.98. The van der Waals surface area contributed by atoms with E-state index in [1.54, 1.807) is 6.07 Å². The SMILES string of the molecule is CCCc1cc2cc[n+]([O-])cc2o1. The van der Waals surface area contributed by atoms with Crippen molar-refractivity contribution in [3.8, 4) is 0 Å². The molecule has 0 aliphatic heterocycles. The molecule has 2 aromatic rings. The summed E-state index contributed by atoms with van der Waals surface area (Å²) < 4.78 is 6.22. The smallest absolute Gasteiger partial charge is 0.223 e. The average molecular weight is 177 g/mol. The molecular weight excluding hydrogens is 166 g/mol. The van der Waals surface area contributed by atoms with Crippen molar-refractivity contribution in [1.82, 2.24) is 0 Å². The Morgan fingerprint density at radius 1 is 1.54 bits per heavy atom. The molecule has 0 N–H and O–H groups in total. The molecule has 0 radical (unpaired) electrons. The average Bonchev–Trinajstić information content (AvgIpc) is 2.46. The Morgan fingerprint density at radius 2 is 2.38 bits per heavy atom. The molecule has 0 atom stereocenters. The summed E-state index contributed by atoms with van der Waals surface area (Å²) in [5, 5.41) is 11.9. The largest absolute Gasteiger partial charge is 0.619 e. The van der Waals surface area contributed by atoms with Crippen molar-refractivity contribution in [2.75, 3.05) is 0 Å². The van der Waals surface area contributed by atoms with E-state index in [0.717, 1.165) is 28.7 Å². The fourth-order valence-electron chi connectivity index (χ4n) is 1.39. The predicted molar refractivity (Wildman–Crippen MR) is 49.2 cm³/mol. The van der Waals surface area contributed by atoms with Gasteiger partial charge in [0.2, 0.25) is 6.20 Å². The van der Waals surface area contributed by atoms with Gasteiger partial charge < -0.3 is 9.62 Å². The third kappa shape index (κ3) is 1.49. The zero-order chi connectivity index (χ0) is 9.26. The molecule has 0 fully saturated rings. The summed E-state index contributed by atoms with van der Waals surface area (Å²) in [5.74, 6) is 0.948. The lowest BCUT2D eigenvalue weighted by Crippen LogP contribution is -2.23. The van der Waals surface area contributed by atoms with Gasteiger partial charge in [-0.2, -0.15) is 4.73 Å². The number of rotatable bonds is 2. The van der Waals surface area contributed by atoms with E-state index in [2.05, 4.69) is 6.92 Å². The van der Waals surface area contributed by atoms with Gasteiger partial charge in [-0.1, -0.05) is 6.92 Å². The predicted octanol–water partition coefficient (Wildman–Crippen LogP) is 2.02. The maximum atomic E-state index is 10.9. The van der Waals surface area contributed by atoms with Crippen molar-refractivity contribution in [2.45, 2.75) is 19.8 Å². The quantitative estimate of drug-likeness (QED) is 0.520. The van der Waals surface area contributed by atoms with Gasteiger partial charge in [0.25, 0.3) is 0 Å². The molecule has 0 saturated carbocycles. The maximum absolute atomic E-state index is 10.9. The summed E-state index contributed by atoms with van der Waals surface area (Å²) in [6.07, 6.45) is 4.91. The zero-order valence-electron chi connectivity index (χ0n) is 7.49. The highest BCUT2D eigenvalue weighted by molar-refractivity contribution is 5.75. The molecule has 68 valence electrons. The summed E-state index contributed by atoms with van der Waals surface area (Å²) in [7, 11) is 0. The highest BCUT2D eigenvalue weighted by atomic mass is 16.5. The number of hydrogen-bond acceptors (Lipinski definition) is 2. The Bertz CT molecular complexity index is 420. The minimum absolute atomic E-state index is 0.668. The van der Waals surface area contributed by atoms with E-state index in [1.807, 2.05) is 6.07 Å². The number of furan rings is 1. The van der Waals surface area contributed by atoms with E-state index in [-0.39, 0.29) is 0 Å². The molecule has 2 rings (SSSR count). The van der Waals surface area contributed by atoms with E-state index < -0.39 is 0 Å². The highest BCUT2D eigenvalue weighted by Crippen LogP contribution is 2.17. The van der Waals surface area contributed by atoms with Gasteiger partial charge in [-0.15, -0.1) is 0 Å². The fourth-order valence-corrected chi connectivity index (χ4v) is 1.39. The first-order valence-corrected chi connectivity index (χ1v) is 4.41. The number of pyridine rings is 1. The maximum Gasteiger partial charge on any atom is 0.223 e. The molecule has 13 heavy (non-hydrogen) atoms. The van der Waals surface area contributed by atoms with Gasteiger partial charge in [-0.25, -0.2) is 0 Å². The number of fused-ring (bicyclic) bond motifs is 1. The van der Waals surface area contributed by atoms with Crippen LogP contribution in [0.2, 0.25) is 0 Å². The van der Waals surface area contributed by atoms with E-state index >= 15 is 0 Å². The molecule has 0 aliphatic rings. The first-order chi connectivity index (χ1) is 6.29. The molecule has 0 aromatic carbocycles. The minimum Gasteiger partial charge on any atom is -0.619 e. The second-order valence-electron chi connectivity index (χ2n) is 3.09. The van der Waals surface area contributed by atoms with Crippen LogP contribution < -0.4 is 4.73 Å². The van der Waals surface area contributed by atoms with Gasteiger partial charge in [0.05, 0.1) is 0 Å². The molecule has 0 amide bonds. The van der Waals surface area contributed by atoms with Crippen molar-refractivity contribution < 1.29 is 9.15 Å².